The van der Waals surface area contributed by atoms with Gasteiger partial charge in [0.15, 0.2) is 0 Å². The number of hydrogen-bond acceptors (Lipinski definition) is 2. The fourth-order valence-electron chi connectivity index (χ4n) is 3.64. The molecule has 0 saturated heterocycles. The van der Waals surface area contributed by atoms with Crippen LogP contribution in [0.3, 0.4) is 0 Å². The summed E-state index contributed by atoms with van der Waals surface area (Å²) in [5.74, 6) is 1.92. The van der Waals surface area contributed by atoms with Crippen molar-refractivity contribution in [3.63, 3.8) is 0 Å². The lowest BCUT2D eigenvalue weighted by molar-refractivity contribution is 0.0963. The van der Waals surface area contributed by atoms with E-state index in [-0.39, 0.29) is 5.91 Å². The lowest BCUT2D eigenvalue weighted by atomic mass is 9.82. The summed E-state index contributed by atoms with van der Waals surface area (Å²) in [5, 5.41) is 6.40. The van der Waals surface area contributed by atoms with Gasteiger partial charge in [0.1, 0.15) is 0 Å². The molecule has 0 aliphatic heterocycles. The second-order valence-electron chi connectivity index (χ2n) is 6.71. The Balaban J connectivity index is 1.69. The third-order valence-electron chi connectivity index (χ3n) is 5.09. The van der Waals surface area contributed by atoms with Crippen LogP contribution in [-0.2, 0) is 0 Å². The molecule has 2 aliphatic carbocycles. The maximum absolute atomic E-state index is 11.8. The molecular weight excluding hydrogens is 260 g/mol. The maximum Gasteiger partial charge on any atom is 0.251 e. The molecule has 1 amide bonds. The molecule has 2 unspecified atom stereocenters. The molecule has 1 aromatic rings. The van der Waals surface area contributed by atoms with Gasteiger partial charge in [-0.25, -0.2) is 0 Å². The van der Waals surface area contributed by atoms with Crippen LogP contribution in [-0.4, -0.2) is 19.0 Å². The molecule has 2 fully saturated rings. The summed E-state index contributed by atoms with van der Waals surface area (Å²) < 4.78 is 0. The van der Waals surface area contributed by atoms with Crippen molar-refractivity contribution in [2.24, 2.45) is 11.8 Å². The third kappa shape index (κ3) is 3.39. The van der Waals surface area contributed by atoms with Gasteiger partial charge in [0.05, 0.1) is 0 Å². The summed E-state index contributed by atoms with van der Waals surface area (Å²) >= 11 is 0. The predicted molar refractivity (Wildman–Crippen MR) is 86.7 cm³/mol. The van der Waals surface area contributed by atoms with Crippen LogP contribution in [0, 0.1) is 18.8 Å². The zero-order chi connectivity index (χ0) is 14.8. The number of benzene rings is 1. The number of amides is 1. The van der Waals surface area contributed by atoms with Gasteiger partial charge in [-0.1, -0.05) is 18.9 Å². The van der Waals surface area contributed by atoms with Gasteiger partial charge in [0.2, 0.25) is 0 Å². The van der Waals surface area contributed by atoms with E-state index in [0.717, 1.165) is 23.1 Å². The summed E-state index contributed by atoms with van der Waals surface area (Å²) in [6, 6.07) is 6.50. The highest BCUT2D eigenvalue weighted by molar-refractivity contribution is 5.95. The van der Waals surface area contributed by atoms with Crippen molar-refractivity contribution in [1.29, 1.82) is 0 Å². The summed E-state index contributed by atoms with van der Waals surface area (Å²) in [6.07, 6.45) is 8.21. The van der Waals surface area contributed by atoms with Crippen LogP contribution in [0.2, 0.25) is 0 Å². The first-order valence-corrected chi connectivity index (χ1v) is 8.26. The van der Waals surface area contributed by atoms with Crippen LogP contribution in [0.15, 0.2) is 18.2 Å². The Morgan fingerprint density at radius 3 is 2.67 bits per heavy atom. The van der Waals surface area contributed by atoms with Gasteiger partial charge in [-0.05, 0) is 62.1 Å². The van der Waals surface area contributed by atoms with Crippen LogP contribution in [0.1, 0.15) is 54.4 Å². The standard InChI is InChI=1S/C18H26N2O/c1-12-6-7-15(18(21)19-2)11-17(12)20-16-5-3-4-14(10-16)13-8-9-13/h6-7,11,13-14,16,20H,3-5,8-10H2,1-2H3,(H,19,21). The SMILES string of the molecule is CNC(=O)c1ccc(C)c(NC2CCCC(C3CC3)C2)c1. The van der Waals surface area contributed by atoms with E-state index >= 15 is 0 Å². The molecule has 3 rings (SSSR count). The largest absolute Gasteiger partial charge is 0.382 e. The van der Waals surface area contributed by atoms with Crippen molar-refractivity contribution >= 4 is 11.6 Å². The number of aryl methyl sites for hydroxylation is 1. The van der Waals surface area contributed by atoms with Gasteiger partial charge in [0.25, 0.3) is 5.91 Å². The second-order valence-corrected chi connectivity index (χ2v) is 6.71. The molecule has 0 heterocycles. The van der Waals surface area contributed by atoms with Gasteiger partial charge < -0.3 is 10.6 Å². The molecule has 3 heteroatoms. The average Bonchev–Trinajstić information content (AvgIpc) is 3.34. The molecule has 2 N–H and O–H groups in total. The molecule has 0 spiro atoms. The van der Waals surface area contributed by atoms with E-state index in [4.69, 9.17) is 0 Å². The molecule has 3 nitrogen and oxygen atoms in total. The summed E-state index contributed by atoms with van der Waals surface area (Å²) in [7, 11) is 1.68. The van der Waals surface area contributed by atoms with Crippen LogP contribution >= 0.6 is 0 Å². The summed E-state index contributed by atoms with van der Waals surface area (Å²) in [6.45, 7) is 2.11. The summed E-state index contributed by atoms with van der Waals surface area (Å²) in [4.78, 5) is 11.8. The van der Waals surface area contributed by atoms with Crippen molar-refractivity contribution in [1.82, 2.24) is 5.32 Å². The molecule has 0 aromatic heterocycles. The normalized spacial score (nSPS) is 25.4. The van der Waals surface area contributed by atoms with Gasteiger partial charge in [0, 0.05) is 24.3 Å². The minimum Gasteiger partial charge on any atom is -0.382 e. The van der Waals surface area contributed by atoms with E-state index in [1.54, 1.807) is 7.05 Å². The van der Waals surface area contributed by atoms with Gasteiger partial charge in [-0.3, -0.25) is 4.79 Å². The van der Waals surface area contributed by atoms with Crippen molar-refractivity contribution in [2.75, 3.05) is 12.4 Å². The highest BCUT2D eigenvalue weighted by atomic mass is 16.1. The highest BCUT2D eigenvalue weighted by Crippen LogP contribution is 2.44. The Morgan fingerprint density at radius 2 is 1.95 bits per heavy atom. The fraction of sp³-hybridized carbons (Fsp3) is 0.611. The van der Waals surface area contributed by atoms with Crippen LogP contribution in [0.25, 0.3) is 0 Å². The smallest absolute Gasteiger partial charge is 0.251 e. The van der Waals surface area contributed by atoms with Crippen LogP contribution in [0.5, 0.6) is 0 Å². The Bertz CT molecular complexity index is 522. The average molecular weight is 286 g/mol. The number of anilines is 1. The Hall–Kier alpha value is -1.51. The number of nitrogens with one attached hydrogen (secondary N) is 2. The monoisotopic (exact) mass is 286 g/mol. The molecule has 114 valence electrons. The second kappa shape index (κ2) is 6.08. The number of hydrogen-bond donors (Lipinski definition) is 2. The van der Waals surface area contributed by atoms with E-state index < -0.39 is 0 Å². The van der Waals surface area contributed by atoms with Crippen molar-refractivity contribution in [2.45, 2.75) is 51.5 Å². The molecule has 2 saturated carbocycles. The van der Waals surface area contributed by atoms with E-state index in [2.05, 4.69) is 17.6 Å². The molecule has 0 radical (unpaired) electrons. The quantitative estimate of drug-likeness (QED) is 0.885. The van der Waals surface area contributed by atoms with E-state index in [0.29, 0.717) is 6.04 Å². The first-order chi connectivity index (χ1) is 10.2. The first kappa shape index (κ1) is 14.4. The first-order valence-electron chi connectivity index (χ1n) is 8.26. The predicted octanol–water partition coefficient (Wildman–Crippen LogP) is 3.74. The lowest BCUT2D eigenvalue weighted by Gasteiger charge is -2.31. The summed E-state index contributed by atoms with van der Waals surface area (Å²) in [5.41, 5.74) is 3.08. The van der Waals surface area contributed by atoms with Gasteiger partial charge >= 0.3 is 0 Å². The maximum atomic E-state index is 11.8. The molecule has 0 bridgehead atoms. The van der Waals surface area contributed by atoms with E-state index in [1.807, 2.05) is 18.2 Å². The van der Waals surface area contributed by atoms with Gasteiger partial charge in [-0.15, -0.1) is 0 Å². The highest BCUT2D eigenvalue weighted by Gasteiger charge is 2.34. The molecule has 21 heavy (non-hydrogen) atoms. The minimum atomic E-state index is -0.0162. The van der Waals surface area contributed by atoms with E-state index in [9.17, 15) is 4.79 Å². The number of carbonyl (C=O) groups is 1. The van der Waals surface area contributed by atoms with Crippen molar-refractivity contribution in [3.05, 3.63) is 29.3 Å². The Labute approximate surface area is 127 Å². The molecule has 2 atom stereocenters. The van der Waals surface area contributed by atoms with E-state index in [1.165, 1.54) is 44.1 Å². The van der Waals surface area contributed by atoms with Crippen LogP contribution < -0.4 is 10.6 Å². The van der Waals surface area contributed by atoms with Crippen molar-refractivity contribution < 1.29 is 4.79 Å². The van der Waals surface area contributed by atoms with Gasteiger partial charge in [-0.2, -0.15) is 0 Å². The Morgan fingerprint density at radius 1 is 1.14 bits per heavy atom. The zero-order valence-electron chi connectivity index (χ0n) is 13.1. The lowest BCUT2D eigenvalue weighted by Crippen LogP contribution is -2.28. The molecule has 2 aliphatic rings. The molecular formula is C18H26N2O. The fourth-order valence-corrected chi connectivity index (χ4v) is 3.64. The Kier molecular flexibility index (Phi) is 4.18. The molecule has 1 aromatic carbocycles. The number of rotatable bonds is 4. The minimum absolute atomic E-state index is 0.0162. The zero-order valence-corrected chi connectivity index (χ0v) is 13.1. The van der Waals surface area contributed by atoms with Crippen molar-refractivity contribution in [3.8, 4) is 0 Å². The van der Waals surface area contributed by atoms with Crippen LogP contribution in [0.4, 0.5) is 5.69 Å². The topological polar surface area (TPSA) is 41.1 Å². The third-order valence-corrected chi connectivity index (χ3v) is 5.09. The number of carbonyl (C=O) groups excluding carboxylic acids is 1.